The van der Waals surface area contributed by atoms with Gasteiger partial charge in [-0.25, -0.2) is 0 Å². The molecule has 0 N–H and O–H groups in total. The molecular weight excluding hydrogens is 569 g/mol. The molecule has 1 aliphatic heterocycles. The molecule has 0 saturated carbocycles. The molecule has 0 aromatic rings. The second kappa shape index (κ2) is 16.2. The lowest BCUT2D eigenvalue weighted by Gasteiger charge is -2.55. The second-order valence-corrected chi connectivity index (χ2v) is 32.4. The highest BCUT2D eigenvalue weighted by Crippen LogP contribution is 2.50. The van der Waals surface area contributed by atoms with Gasteiger partial charge in [0.1, 0.15) is 0 Å². The zero-order chi connectivity index (χ0) is 33.0. The summed E-state index contributed by atoms with van der Waals surface area (Å²) in [4.78, 5) is 0. The molecule has 1 aliphatic rings. The summed E-state index contributed by atoms with van der Waals surface area (Å²) in [5.74, 6) is 0. The summed E-state index contributed by atoms with van der Waals surface area (Å²) in [6.45, 7) is 47.6. The van der Waals surface area contributed by atoms with E-state index >= 15 is 0 Å². The fourth-order valence-electron chi connectivity index (χ4n) is 9.54. The first kappa shape index (κ1) is 40.3. The van der Waals surface area contributed by atoms with E-state index in [1.165, 1.54) is 0 Å². The molecule has 0 aromatic carbocycles. The average Bonchev–Trinajstić information content (AvgIpc) is 2.83. The topological polar surface area (TPSA) is 36.9 Å². The fourth-order valence-corrected chi connectivity index (χ4v) is 26.2. The average molecular weight is 643 g/mol. The monoisotopic (exact) mass is 642 g/mol. The van der Waals surface area contributed by atoms with E-state index in [1.54, 1.807) is 0 Å². The third-order valence-electron chi connectivity index (χ3n) is 11.1. The van der Waals surface area contributed by atoms with Crippen molar-refractivity contribution in [3.63, 3.8) is 0 Å². The number of ether oxygens (including phenoxy) is 1. The highest BCUT2D eigenvalue weighted by molar-refractivity contribution is 6.79. The van der Waals surface area contributed by atoms with Crippen molar-refractivity contribution in [2.24, 2.45) is 0 Å². The van der Waals surface area contributed by atoms with Crippen molar-refractivity contribution >= 4 is 25.0 Å². The van der Waals surface area contributed by atoms with Crippen molar-refractivity contribution in [3.8, 4) is 0 Å². The highest BCUT2D eigenvalue weighted by atomic mass is 28.4. The summed E-state index contributed by atoms with van der Waals surface area (Å²) in [6.07, 6.45) is 2.21. The molecule has 0 unspecified atom stereocenters. The van der Waals surface area contributed by atoms with Crippen LogP contribution in [0.4, 0.5) is 0 Å². The van der Waals surface area contributed by atoms with E-state index in [0.717, 1.165) is 6.42 Å². The molecule has 4 nitrogen and oxygen atoms in total. The van der Waals surface area contributed by atoms with Gasteiger partial charge in [-0.3, -0.25) is 0 Å². The van der Waals surface area contributed by atoms with Crippen LogP contribution in [-0.4, -0.2) is 56.0 Å². The van der Waals surface area contributed by atoms with Gasteiger partial charge in [-0.1, -0.05) is 131 Å². The van der Waals surface area contributed by atoms with Crippen LogP contribution in [0.5, 0.6) is 0 Å². The Kier molecular flexibility index (Phi) is 15.5. The van der Waals surface area contributed by atoms with E-state index in [9.17, 15) is 0 Å². The summed E-state index contributed by atoms with van der Waals surface area (Å²) < 4.78 is 30.0. The van der Waals surface area contributed by atoms with Crippen molar-refractivity contribution in [3.05, 3.63) is 12.7 Å². The van der Waals surface area contributed by atoms with E-state index in [0.29, 0.717) is 56.5 Å². The van der Waals surface area contributed by atoms with Gasteiger partial charge in [0.25, 0.3) is 0 Å². The highest BCUT2D eigenvalue weighted by Gasteiger charge is 2.57. The lowest BCUT2D eigenvalue weighted by molar-refractivity contribution is -0.173. The van der Waals surface area contributed by atoms with Gasteiger partial charge in [0.15, 0.2) is 0 Å². The molecule has 1 saturated heterocycles. The van der Waals surface area contributed by atoms with E-state index in [4.69, 9.17) is 18.0 Å². The Bertz CT molecular complexity index is 741. The fraction of sp³-hybridized carbons (Fsp3) is 0.943. The molecule has 0 radical (unpaired) electrons. The Labute approximate surface area is 266 Å². The molecule has 250 valence electrons. The molecule has 0 spiro atoms. The maximum absolute atomic E-state index is 7.85. The predicted molar refractivity (Wildman–Crippen MR) is 192 cm³/mol. The van der Waals surface area contributed by atoms with E-state index in [-0.39, 0.29) is 24.4 Å². The summed E-state index contributed by atoms with van der Waals surface area (Å²) in [5, 5.41) is 0. The van der Waals surface area contributed by atoms with Crippen molar-refractivity contribution < 1.29 is 18.0 Å². The molecule has 4 atom stereocenters. The van der Waals surface area contributed by atoms with Crippen LogP contribution in [-0.2, 0) is 18.0 Å². The van der Waals surface area contributed by atoms with Gasteiger partial charge in [0.05, 0.1) is 31.0 Å². The molecule has 1 fully saturated rings. The Morgan fingerprint density at radius 1 is 0.524 bits per heavy atom. The zero-order valence-corrected chi connectivity index (χ0v) is 34.3. The number of hydrogen-bond donors (Lipinski definition) is 0. The van der Waals surface area contributed by atoms with Crippen molar-refractivity contribution in [2.75, 3.05) is 6.61 Å². The SMILES string of the molecule is C=CC[C@@H]1OC[C@@H](O[Si](C(C)C)(C(C)C)C(C)C)[C@H](O[Si](C(C)C)(C(C)C)C(C)C)[C@H]1O[Si](C(C)C)(C(C)C)C(C)C. The third kappa shape index (κ3) is 7.78. The van der Waals surface area contributed by atoms with Crippen molar-refractivity contribution in [2.45, 2.75) is 205 Å². The number of hydrogen-bond acceptors (Lipinski definition) is 4. The summed E-state index contributed by atoms with van der Waals surface area (Å²) in [5.41, 5.74) is 4.31. The van der Waals surface area contributed by atoms with Crippen molar-refractivity contribution in [1.29, 1.82) is 0 Å². The lowest BCUT2D eigenvalue weighted by Crippen LogP contribution is -2.67. The molecule has 0 bridgehead atoms. The summed E-state index contributed by atoms with van der Waals surface area (Å²) in [7, 11) is -6.75. The minimum Gasteiger partial charge on any atom is -0.408 e. The van der Waals surface area contributed by atoms with E-state index in [1.807, 2.05) is 6.08 Å². The molecule has 7 heteroatoms. The summed E-state index contributed by atoms with van der Waals surface area (Å²) >= 11 is 0. The van der Waals surface area contributed by atoms with Crippen LogP contribution in [0.1, 0.15) is 131 Å². The Hall–Kier alpha value is 0.231. The first-order valence-corrected chi connectivity index (χ1v) is 23.9. The molecule has 1 rings (SSSR count). The normalized spacial score (nSPS) is 23.3. The standard InChI is InChI=1S/C35H74O4Si3/c1-20-21-32-34(38-41(26(8)9,27(10)11)28(12)13)35(39-42(29(14)15,30(16)17)31(18)19)33(22-36-32)37-40(23(2)3,24(4)5)25(6)7/h20,23-35H,1,21-22H2,2-19H3/t32-,33+,34-,35-/m0/s1. The molecule has 1 heterocycles. The van der Waals surface area contributed by atoms with E-state index in [2.05, 4.69) is 131 Å². The van der Waals surface area contributed by atoms with Gasteiger partial charge >= 0.3 is 0 Å². The molecular formula is C35H74O4Si3. The van der Waals surface area contributed by atoms with Crippen LogP contribution in [0.2, 0.25) is 49.9 Å². The largest absolute Gasteiger partial charge is 0.408 e. The zero-order valence-electron chi connectivity index (χ0n) is 31.3. The minimum absolute atomic E-state index is 0.0816. The van der Waals surface area contributed by atoms with Gasteiger partial charge in [0, 0.05) is 0 Å². The maximum atomic E-state index is 7.85. The van der Waals surface area contributed by atoms with Gasteiger partial charge in [0.2, 0.25) is 25.0 Å². The van der Waals surface area contributed by atoms with Crippen LogP contribution < -0.4 is 0 Å². The Morgan fingerprint density at radius 2 is 0.810 bits per heavy atom. The molecule has 0 aromatic heterocycles. The Morgan fingerprint density at radius 3 is 1.10 bits per heavy atom. The van der Waals surface area contributed by atoms with Crippen LogP contribution in [0, 0.1) is 0 Å². The van der Waals surface area contributed by atoms with Gasteiger partial charge in [-0.15, -0.1) is 6.58 Å². The molecule has 42 heavy (non-hydrogen) atoms. The lowest BCUT2D eigenvalue weighted by atomic mass is 9.98. The molecule has 0 amide bonds. The molecule has 0 aliphatic carbocycles. The number of rotatable bonds is 17. The maximum Gasteiger partial charge on any atom is 0.201 e. The predicted octanol–water partition coefficient (Wildman–Crippen LogP) is 11.6. The van der Waals surface area contributed by atoms with Crippen LogP contribution in [0.3, 0.4) is 0 Å². The minimum atomic E-state index is -2.28. The summed E-state index contributed by atoms with van der Waals surface area (Å²) in [6, 6.07) is 0. The van der Waals surface area contributed by atoms with E-state index < -0.39 is 25.0 Å². The van der Waals surface area contributed by atoms with Crippen LogP contribution >= 0.6 is 0 Å². The van der Waals surface area contributed by atoms with Crippen LogP contribution in [0.15, 0.2) is 12.7 Å². The van der Waals surface area contributed by atoms with Crippen LogP contribution in [0.25, 0.3) is 0 Å². The van der Waals surface area contributed by atoms with Gasteiger partial charge < -0.3 is 18.0 Å². The quantitative estimate of drug-likeness (QED) is 0.117. The third-order valence-corrected chi connectivity index (χ3v) is 29.4. The van der Waals surface area contributed by atoms with Gasteiger partial charge in [-0.05, 0) is 56.3 Å². The first-order valence-electron chi connectivity index (χ1n) is 17.5. The smallest absolute Gasteiger partial charge is 0.201 e. The first-order chi connectivity index (χ1) is 19.2. The van der Waals surface area contributed by atoms with Crippen molar-refractivity contribution in [1.82, 2.24) is 0 Å². The second-order valence-electron chi connectivity index (χ2n) is 16.2. The van der Waals surface area contributed by atoms with Gasteiger partial charge in [-0.2, -0.15) is 0 Å². The Balaban J connectivity index is 4.05.